The van der Waals surface area contributed by atoms with Crippen LogP contribution in [0.15, 0.2) is 497 Å². The molecule has 2 heteroatoms. The van der Waals surface area contributed by atoms with Gasteiger partial charge in [0.2, 0.25) is 6.79 Å². The van der Waals surface area contributed by atoms with Gasteiger partial charge in [-0.1, -0.05) is 366 Å². The molecule has 0 N–H and O–H groups in total. The van der Waals surface area contributed by atoms with Crippen molar-refractivity contribution in [1.82, 2.24) is 0 Å². The molecule has 0 fully saturated rings. The lowest BCUT2D eigenvalue weighted by Gasteiger charge is -2.36. The van der Waals surface area contributed by atoms with Gasteiger partial charge in [0.15, 0.2) is 11.5 Å². The van der Waals surface area contributed by atoms with Crippen LogP contribution in [0.2, 0.25) is 0 Å². The molecule has 0 bridgehead atoms. The molecule has 0 radical (unpaired) electrons. The first kappa shape index (κ1) is 79.6. The summed E-state index contributed by atoms with van der Waals surface area (Å²) in [5.74, 6) is 1.44. The minimum atomic E-state index is -1.13. The van der Waals surface area contributed by atoms with E-state index in [4.69, 9.17) is 9.47 Å². The van der Waals surface area contributed by atoms with Crippen molar-refractivity contribution < 1.29 is 9.47 Å². The molecule has 0 aromatic heterocycles. The van der Waals surface area contributed by atoms with Crippen LogP contribution in [0.4, 0.5) is 0 Å². The fourth-order valence-corrected chi connectivity index (χ4v) is 21.2. The molecule has 2 nitrogen and oxygen atoms in total. The van der Waals surface area contributed by atoms with Gasteiger partial charge in [-0.3, -0.25) is 0 Å². The molecule has 0 atom stereocenters. The first-order chi connectivity index (χ1) is 65.6. The van der Waals surface area contributed by atoms with Crippen LogP contribution in [0.5, 0.6) is 11.5 Å². The van der Waals surface area contributed by atoms with Crippen molar-refractivity contribution >= 4 is 0 Å². The van der Waals surface area contributed by atoms with Crippen LogP contribution >= 0.6 is 0 Å². The Kier molecular flexibility index (Phi) is 20.0. The highest BCUT2D eigenvalue weighted by atomic mass is 16.7. The van der Waals surface area contributed by atoms with E-state index in [1.165, 1.54) is 33.4 Å². The number of benzene rings is 21. The quantitative estimate of drug-likeness (QED) is 0.0852. The lowest BCUT2D eigenvalue weighted by atomic mass is 9.65. The second-order valence-electron chi connectivity index (χ2n) is 36.1. The van der Waals surface area contributed by atoms with E-state index in [1.54, 1.807) is 0 Å². The Bertz CT molecular complexity index is 7060. The molecule has 0 saturated heterocycles. The third-order valence-electron chi connectivity index (χ3n) is 27.8. The Hall–Kier alpha value is -16.8. The van der Waals surface area contributed by atoms with E-state index in [0.29, 0.717) is 5.75 Å². The molecule has 626 valence electrons. The molecule has 133 heavy (non-hydrogen) atoms. The second-order valence-corrected chi connectivity index (χ2v) is 36.1. The van der Waals surface area contributed by atoms with E-state index in [2.05, 4.69) is 511 Å². The number of rotatable bonds is 18. The molecule has 0 amide bonds. The SMILES string of the molecule is CC1(C)c2ccccc2-c2c1ccc1c2-c2cc3c(cc2C1(c1cc(-c2cccc(-c4cc(-c5ccccc5)cc(-c5ccccc5)c4)c2)cc(-c2cccc(-c4cc(-c5ccccc5)cc(-c5ccccc5)c4)c2)c1)c1cc(-c2cccc(-c4cc(-c5ccccc5)cc(-c5ccccc5)c4)c2)cc(-c2cccc(-c4cc(-c5ccccc5)cc(-c5ccccc5)c4)c2)c1)OCO3. The van der Waals surface area contributed by atoms with E-state index in [1.807, 2.05) is 0 Å². The zero-order chi connectivity index (χ0) is 88.5. The Morgan fingerprint density at radius 3 is 0.624 bits per heavy atom. The summed E-state index contributed by atoms with van der Waals surface area (Å²) in [4.78, 5) is 0. The summed E-state index contributed by atoms with van der Waals surface area (Å²) in [6.07, 6.45) is 0. The summed E-state index contributed by atoms with van der Waals surface area (Å²) >= 11 is 0. The highest BCUT2D eigenvalue weighted by Crippen LogP contribution is 2.65. The summed E-state index contributed by atoms with van der Waals surface area (Å²) in [7, 11) is 0. The lowest BCUT2D eigenvalue weighted by molar-refractivity contribution is 0.174. The number of hydrogen-bond acceptors (Lipinski definition) is 2. The van der Waals surface area contributed by atoms with E-state index >= 15 is 0 Å². The van der Waals surface area contributed by atoms with Crippen molar-refractivity contribution in [1.29, 1.82) is 0 Å². The highest BCUT2D eigenvalue weighted by molar-refractivity contribution is 6.03. The molecular formula is C131H90O2. The van der Waals surface area contributed by atoms with E-state index < -0.39 is 5.41 Å². The van der Waals surface area contributed by atoms with Crippen LogP contribution in [0, 0.1) is 0 Å². The predicted molar refractivity (Wildman–Crippen MR) is 554 cm³/mol. The van der Waals surface area contributed by atoms with Crippen LogP contribution < -0.4 is 9.47 Å². The minimum Gasteiger partial charge on any atom is -0.454 e. The smallest absolute Gasteiger partial charge is 0.231 e. The van der Waals surface area contributed by atoms with E-state index in [0.717, 1.165) is 206 Å². The van der Waals surface area contributed by atoms with Crippen LogP contribution in [0.1, 0.15) is 47.2 Å². The third-order valence-corrected chi connectivity index (χ3v) is 27.8. The fraction of sp³-hybridized carbons (Fsp3) is 0.0382. The van der Waals surface area contributed by atoms with Gasteiger partial charge in [-0.2, -0.15) is 0 Å². The Labute approximate surface area is 778 Å². The highest BCUT2D eigenvalue weighted by Gasteiger charge is 2.51. The summed E-state index contributed by atoms with van der Waals surface area (Å²) in [6.45, 7) is 4.92. The molecule has 0 spiro atoms. The third kappa shape index (κ3) is 14.7. The number of ether oxygens (including phenoxy) is 2. The molecule has 0 saturated carbocycles. The Morgan fingerprint density at radius 1 is 0.150 bits per heavy atom. The second kappa shape index (κ2) is 33.4. The van der Waals surface area contributed by atoms with Crippen LogP contribution in [0.3, 0.4) is 0 Å². The van der Waals surface area contributed by atoms with Crippen molar-refractivity contribution in [2.75, 3.05) is 6.79 Å². The van der Waals surface area contributed by atoms with Gasteiger partial charge in [0.25, 0.3) is 0 Å². The average Bonchev–Trinajstić information content (AvgIpc) is 1.50. The van der Waals surface area contributed by atoms with Crippen molar-refractivity contribution in [3.63, 3.8) is 0 Å². The monoisotopic (exact) mass is 1690 g/mol. The van der Waals surface area contributed by atoms with Gasteiger partial charge in [-0.05, 0) is 379 Å². The molecule has 3 aliphatic rings. The fourth-order valence-electron chi connectivity index (χ4n) is 21.2. The summed E-state index contributed by atoms with van der Waals surface area (Å²) in [5, 5.41) is 0. The zero-order valence-electron chi connectivity index (χ0n) is 73.9. The Morgan fingerprint density at radius 2 is 0.353 bits per heavy atom. The molecule has 1 heterocycles. The molecule has 21 aromatic rings. The van der Waals surface area contributed by atoms with Gasteiger partial charge in [0.05, 0.1) is 5.41 Å². The maximum absolute atomic E-state index is 6.83. The topological polar surface area (TPSA) is 18.5 Å². The molecule has 0 unspecified atom stereocenters. The molecule has 21 aromatic carbocycles. The van der Waals surface area contributed by atoms with Gasteiger partial charge in [0.1, 0.15) is 0 Å². The van der Waals surface area contributed by atoms with Crippen LogP contribution in [-0.2, 0) is 10.8 Å². The normalized spacial score (nSPS) is 12.8. The van der Waals surface area contributed by atoms with Crippen molar-refractivity contribution in [3.05, 3.63) is 531 Å². The van der Waals surface area contributed by atoms with Crippen molar-refractivity contribution in [2.45, 2.75) is 24.7 Å². The van der Waals surface area contributed by atoms with Crippen molar-refractivity contribution in [3.8, 4) is 212 Å². The predicted octanol–water partition coefficient (Wildman–Crippen LogP) is 34.8. The average molecular weight is 1700 g/mol. The first-order valence-corrected chi connectivity index (χ1v) is 46.1. The minimum absolute atomic E-state index is 0.101. The van der Waals surface area contributed by atoms with Crippen molar-refractivity contribution in [2.24, 2.45) is 0 Å². The van der Waals surface area contributed by atoms with Gasteiger partial charge in [0, 0.05) is 5.41 Å². The largest absolute Gasteiger partial charge is 0.454 e. The molecule has 2 aliphatic carbocycles. The van der Waals surface area contributed by atoms with E-state index in [9.17, 15) is 0 Å². The zero-order valence-corrected chi connectivity index (χ0v) is 73.9. The van der Waals surface area contributed by atoms with Gasteiger partial charge >= 0.3 is 0 Å². The standard InChI is InChI=1S/C131H90O2/c1-130(2)122-58-28-27-57-120(122)128-123(130)59-60-124-129(128)121-83-126-127(133-85-132-126)84-125(121)131(124,118-79-114(98-53-29-49-94(61-98)110-69-102(86-33-11-3-12-34-86)65-103(70-110)87-35-13-4-14-36-87)77-115(80-118)99-54-30-50-95(62-99)111-71-104(88-37-15-5-16-38-88)66-105(72-111)89-39-17-6-18-40-89)119-81-116(100-55-31-51-96(63-100)112-73-106(90-41-19-7-20-42-90)67-107(74-112)91-43-21-8-22-44-91)78-117(82-119)101-56-32-52-97(64-101)113-75-108(92-45-23-9-24-46-92)68-109(76-113)93-47-25-10-26-48-93/h3-84H,85H2,1-2H3. The molecule has 24 rings (SSSR count). The van der Waals surface area contributed by atoms with Gasteiger partial charge in [-0.25, -0.2) is 0 Å². The maximum Gasteiger partial charge on any atom is 0.231 e. The Balaban J connectivity index is 0.799. The maximum atomic E-state index is 6.83. The first-order valence-electron chi connectivity index (χ1n) is 46.1. The summed E-state index contributed by atoms with van der Waals surface area (Å²) in [6, 6.07) is 186. The lowest BCUT2D eigenvalue weighted by Crippen LogP contribution is -2.29. The van der Waals surface area contributed by atoms with Gasteiger partial charge < -0.3 is 9.47 Å². The van der Waals surface area contributed by atoms with E-state index in [-0.39, 0.29) is 12.2 Å². The van der Waals surface area contributed by atoms with Crippen LogP contribution in [0.25, 0.3) is 200 Å². The molecular weight excluding hydrogens is 1610 g/mol. The number of fused-ring (bicyclic) bond motifs is 8. The van der Waals surface area contributed by atoms with Gasteiger partial charge in [-0.15, -0.1) is 0 Å². The molecule has 1 aliphatic heterocycles. The summed E-state index contributed by atoms with van der Waals surface area (Å²) in [5.41, 5.74) is 46.4. The number of hydrogen-bond donors (Lipinski definition) is 0. The van der Waals surface area contributed by atoms with Crippen LogP contribution in [-0.4, -0.2) is 6.79 Å². The summed E-state index contributed by atoms with van der Waals surface area (Å²) < 4.78 is 13.5.